The van der Waals surface area contributed by atoms with E-state index < -0.39 is 11.4 Å². The molecule has 1 amide bonds. The fourth-order valence-corrected chi connectivity index (χ4v) is 2.95. The predicted octanol–water partition coefficient (Wildman–Crippen LogP) is 2.56. The van der Waals surface area contributed by atoms with E-state index in [2.05, 4.69) is 20.9 Å². The van der Waals surface area contributed by atoms with Crippen molar-refractivity contribution < 1.29 is 14.7 Å². The third kappa shape index (κ3) is 2.85. The van der Waals surface area contributed by atoms with Crippen LogP contribution in [0.1, 0.15) is 36.7 Å². The molecule has 1 unspecified atom stereocenters. The molecule has 1 aliphatic heterocycles. The van der Waals surface area contributed by atoms with Crippen molar-refractivity contribution >= 4 is 27.8 Å². The summed E-state index contributed by atoms with van der Waals surface area (Å²) < 4.78 is 0.598. The Balaban J connectivity index is 2.21. The molecule has 0 bridgehead atoms. The largest absolute Gasteiger partial charge is 0.481 e. The number of pyridine rings is 1. The lowest BCUT2D eigenvalue weighted by atomic mass is 9.77. The minimum Gasteiger partial charge on any atom is -0.481 e. The summed E-state index contributed by atoms with van der Waals surface area (Å²) in [6.45, 7) is 2.70. The van der Waals surface area contributed by atoms with E-state index in [1.165, 1.54) is 0 Å². The molecule has 108 valence electrons. The van der Waals surface area contributed by atoms with E-state index in [1.54, 1.807) is 23.1 Å². The van der Waals surface area contributed by atoms with Gasteiger partial charge in [0.2, 0.25) is 0 Å². The first-order valence-corrected chi connectivity index (χ1v) is 7.43. The minimum absolute atomic E-state index is 0.204. The lowest BCUT2D eigenvalue weighted by Crippen LogP contribution is -2.49. The first-order valence-electron chi connectivity index (χ1n) is 6.64. The average Bonchev–Trinajstić information content (AvgIpc) is 2.46. The summed E-state index contributed by atoms with van der Waals surface area (Å²) >= 11 is 3.24. The Morgan fingerprint density at radius 3 is 2.85 bits per heavy atom. The summed E-state index contributed by atoms with van der Waals surface area (Å²) in [6.07, 6.45) is 1.85. The van der Waals surface area contributed by atoms with E-state index >= 15 is 0 Å². The second kappa shape index (κ2) is 5.91. The van der Waals surface area contributed by atoms with Crippen LogP contribution < -0.4 is 0 Å². The molecular weight excluding hydrogens is 324 g/mol. The summed E-state index contributed by atoms with van der Waals surface area (Å²) in [6, 6.07) is 5.15. The second-order valence-electron chi connectivity index (χ2n) is 5.11. The Bertz CT molecular complexity index is 535. The summed E-state index contributed by atoms with van der Waals surface area (Å²) in [7, 11) is 0. The Morgan fingerprint density at radius 2 is 2.25 bits per heavy atom. The van der Waals surface area contributed by atoms with Gasteiger partial charge in [-0.15, -0.1) is 0 Å². The van der Waals surface area contributed by atoms with Gasteiger partial charge in [0, 0.05) is 13.1 Å². The van der Waals surface area contributed by atoms with Crippen molar-refractivity contribution in [3.05, 3.63) is 28.5 Å². The molecule has 6 heteroatoms. The van der Waals surface area contributed by atoms with Gasteiger partial charge in [0.15, 0.2) is 0 Å². The molecule has 0 aromatic carbocycles. The number of aromatic nitrogens is 1. The lowest BCUT2D eigenvalue weighted by molar-refractivity contribution is -0.152. The van der Waals surface area contributed by atoms with E-state index in [-0.39, 0.29) is 12.5 Å². The molecule has 0 radical (unpaired) electrons. The molecule has 1 aromatic heterocycles. The number of carboxylic acid groups (broad SMARTS) is 1. The number of nitrogens with zero attached hydrogens (tertiary/aromatic N) is 2. The molecule has 1 N–H and O–H groups in total. The topological polar surface area (TPSA) is 70.5 Å². The van der Waals surface area contributed by atoms with Crippen molar-refractivity contribution in [2.75, 3.05) is 13.1 Å². The number of hydrogen-bond donors (Lipinski definition) is 1. The van der Waals surface area contributed by atoms with Crippen LogP contribution in [0.3, 0.4) is 0 Å². The third-order valence-corrected chi connectivity index (χ3v) is 4.37. The van der Waals surface area contributed by atoms with Gasteiger partial charge in [0.1, 0.15) is 10.3 Å². The van der Waals surface area contributed by atoms with Gasteiger partial charge in [-0.05, 0) is 47.3 Å². The first-order chi connectivity index (χ1) is 9.48. The number of halogens is 1. The van der Waals surface area contributed by atoms with Crippen LogP contribution in [0.5, 0.6) is 0 Å². The zero-order valence-corrected chi connectivity index (χ0v) is 12.9. The van der Waals surface area contributed by atoms with Gasteiger partial charge in [-0.2, -0.15) is 0 Å². The molecular formula is C14H17BrN2O3. The van der Waals surface area contributed by atoms with Crippen LogP contribution >= 0.6 is 15.9 Å². The smallest absolute Gasteiger partial charge is 0.311 e. The van der Waals surface area contributed by atoms with E-state index in [4.69, 9.17) is 0 Å². The standard InChI is InChI=1S/C14H17BrN2O3/c1-2-14(13(19)20)7-4-8-17(9-14)12(18)10-5-3-6-11(15)16-10/h3,5-6H,2,4,7-9H2,1H3,(H,19,20). The number of carbonyl (C=O) groups is 2. The third-order valence-electron chi connectivity index (χ3n) is 3.93. The molecule has 1 saturated heterocycles. The number of amides is 1. The van der Waals surface area contributed by atoms with Crippen molar-refractivity contribution in [1.29, 1.82) is 0 Å². The fourth-order valence-electron chi connectivity index (χ4n) is 2.61. The summed E-state index contributed by atoms with van der Waals surface area (Å²) in [5.74, 6) is -1.02. The van der Waals surface area contributed by atoms with E-state index in [0.29, 0.717) is 36.1 Å². The van der Waals surface area contributed by atoms with Gasteiger partial charge >= 0.3 is 5.97 Å². The minimum atomic E-state index is -0.820. The predicted molar refractivity (Wildman–Crippen MR) is 77.4 cm³/mol. The van der Waals surface area contributed by atoms with Crippen LogP contribution in [-0.4, -0.2) is 40.0 Å². The SMILES string of the molecule is CCC1(C(=O)O)CCCN(C(=O)c2cccc(Br)n2)C1. The molecule has 0 aliphatic carbocycles. The van der Waals surface area contributed by atoms with Gasteiger partial charge in [-0.1, -0.05) is 13.0 Å². The molecule has 0 saturated carbocycles. The summed E-state index contributed by atoms with van der Waals surface area (Å²) in [4.78, 5) is 29.7. The van der Waals surface area contributed by atoms with Gasteiger partial charge < -0.3 is 10.0 Å². The number of likely N-dealkylation sites (tertiary alicyclic amines) is 1. The molecule has 1 aliphatic rings. The molecule has 2 rings (SSSR count). The van der Waals surface area contributed by atoms with Crippen LogP contribution in [-0.2, 0) is 4.79 Å². The van der Waals surface area contributed by atoms with Crippen LogP contribution in [0.4, 0.5) is 0 Å². The van der Waals surface area contributed by atoms with Crippen LogP contribution in [0, 0.1) is 5.41 Å². The van der Waals surface area contributed by atoms with Crippen LogP contribution in [0.25, 0.3) is 0 Å². The van der Waals surface area contributed by atoms with Crippen molar-refractivity contribution in [2.45, 2.75) is 26.2 Å². The highest BCUT2D eigenvalue weighted by Gasteiger charge is 2.42. The Kier molecular flexibility index (Phi) is 4.42. The average molecular weight is 341 g/mol. The van der Waals surface area contributed by atoms with Gasteiger partial charge in [-0.25, -0.2) is 4.98 Å². The van der Waals surface area contributed by atoms with E-state index in [0.717, 1.165) is 0 Å². The maximum atomic E-state index is 12.4. The summed E-state index contributed by atoms with van der Waals surface area (Å²) in [5.41, 5.74) is -0.475. The highest BCUT2D eigenvalue weighted by Crippen LogP contribution is 2.34. The number of carboxylic acids is 1. The molecule has 5 nitrogen and oxygen atoms in total. The quantitative estimate of drug-likeness (QED) is 0.858. The molecule has 1 aromatic rings. The second-order valence-corrected chi connectivity index (χ2v) is 5.93. The lowest BCUT2D eigenvalue weighted by Gasteiger charge is -2.39. The normalized spacial score (nSPS) is 22.6. The molecule has 2 heterocycles. The van der Waals surface area contributed by atoms with Gasteiger partial charge in [0.05, 0.1) is 5.41 Å². The van der Waals surface area contributed by atoms with E-state index in [9.17, 15) is 14.7 Å². The molecule has 1 atom stereocenters. The number of piperidine rings is 1. The Labute approximate surface area is 126 Å². The van der Waals surface area contributed by atoms with Gasteiger partial charge in [-0.3, -0.25) is 9.59 Å². The Hall–Kier alpha value is -1.43. The maximum Gasteiger partial charge on any atom is 0.311 e. The van der Waals surface area contributed by atoms with Crippen molar-refractivity contribution in [3.63, 3.8) is 0 Å². The van der Waals surface area contributed by atoms with Crippen molar-refractivity contribution in [2.24, 2.45) is 5.41 Å². The zero-order valence-electron chi connectivity index (χ0n) is 11.3. The van der Waals surface area contributed by atoms with Crippen LogP contribution in [0.2, 0.25) is 0 Å². The number of rotatable bonds is 3. The first kappa shape index (κ1) is 15.0. The van der Waals surface area contributed by atoms with Crippen molar-refractivity contribution in [3.8, 4) is 0 Å². The highest BCUT2D eigenvalue weighted by molar-refractivity contribution is 9.10. The van der Waals surface area contributed by atoms with Crippen LogP contribution in [0.15, 0.2) is 22.8 Å². The fraction of sp³-hybridized carbons (Fsp3) is 0.500. The molecule has 20 heavy (non-hydrogen) atoms. The van der Waals surface area contributed by atoms with Crippen molar-refractivity contribution in [1.82, 2.24) is 9.88 Å². The molecule has 0 spiro atoms. The number of hydrogen-bond acceptors (Lipinski definition) is 3. The highest BCUT2D eigenvalue weighted by atomic mass is 79.9. The summed E-state index contributed by atoms with van der Waals surface area (Å²) in [5, 5.41) is 9.44. The number of aliphatic carboxylic acids is 1. The monoisotopic (exact) mass is 340 g/mol. The van der Waals surface area contributed by atoms with Gasteiger partial charge in [0.25, 0.3) is 5.91 Å². The zero-order chi connectivity index (χ0) is 14.8. The molecule has 1 fully saturated rings. The number of carbonyl (C=O) groups excluding carboxylic acids is 1. The maximum absolute atomic E-state index is 12.4. The van der Waals surface area contributed by atoms with E-state index in [1.807, 2.05) is 6.92 Å². The Morgan fingerprint density at radius 1 is 1.50 bits per heavy atom.